The van der Waals surface area contributed by atoms with E-state index in [0.29, 0.717) is 0 Å². The van der Waals surface area contributed by atoms with E-state index in [1.54, 1.807) is 34.9 Å². The summed E-state index contributed by atoms with van der Waals surface area (Å²) in [5.74, 6) is 0. The summed E-state index contributed by atoms with van der Waals surface area (Å²) < 4.78 is 3.03. The van der Waals surface area contributed by atoms with Gasteiger partial charge in [0.05, 0.1) is 5.25 Å². The van der Waals surface area contributed by atoms with Crippen molar-refractivity contribution in [3.8, 4) is 0 Å². The van der Waals surface area contributed by atoms with E-state index in [9.17, 15) is 0 Å². The predicted molar refractivity (Wildman–Crippen MR) is 88.1 cm³/mol. The Morgan fingerprint density at radius 2 is 1.84 bits per heavy atom. The Kier molecular flexibility index (Phi) is 5.70. The summed E-state index contributed by atoms with van der Waals surface area (Å²) in [5.41, 5.74) is 7.32. The van der Waals surface area contributed by atoms with Crippen molar-refractivity contribution < 1.29 is 0 Å². The first-order valence-electron chi connectivity index (χ1n) is 5.65. The Morgan fingerprint density at radius 1 is 1.21 bits per heavy atom. The second-order valence-corrected chi connectivity index (χ2v) is 8.32. The lowest BCUT2D eigenvalue weighted by atomic mass is 10.1. The number of thioether (sulfide) groups is 2. The zero-order chi connectivity index (χ0) is 13.8. The number of nitrogens with zero attached hydrogens (tertiary/aromatic N) is 2. The Labute approximate surface area is 133 Å². The summed E-state index contributed by atoms with van der Waals surface area (Å²) in [6.07, 6.45) is 2.01. The highest BCUT2D eigenvalue weighted by Crippen LogP contribution is 2.39. The van der Waals surface area contributed by atoms with Crippen LogP contribution in [0.2, 0.25) is 0 Å². The average molecular weight is 376 g/mol. The minimum atomic E-state index is 0.0489. The number of nitrogens with two attached hydrogens (primary N) is 1. The van der Waals surface area contributed by atoms with E-state index in [1.807, 2.05) is 25.3 Å². The molecule has 2 atom stereocenters. The molecule has 0 spiro atoms. The molecule has 19 heavy (non-hydrogen) atoms. The van der Waals surface area contributed by atoms with Crippen molar-refractivity contribution in [2.24, 2.45) is 5.73 Å². The van der Waals surface area contributed by atoms with Crippen LogP contribution in [0.1, 0.15) is 17.7 Å². The summed E-state index contributed by atoms with van der Waals surface area (Å²) >= 11 is 8.37. The topological polar surface area (TPSA) is 51.8 Å². The third-order valence-corrected chi connectivity index (χ3v) is 6.47. The van der Waals surface area contributed by atoms with Crippen LogP contribution in [0.25, 0.3) is 0 Å². The van der Waals surface area contributed by atoms with Crippen molar-refractivity contribution in [3.63, 3.8) is 0 Å². The van der Waals surface area contributed by atoms with Gasteiger partial charge in [0, 0.05) is 10.5 Å². The van der Waals surface area contributed by atoms with Crippen molar-refractivity contribution in [3.05, 3.63) is 34.3 Å². The Hall–Kier alpha value is -0.0800. The van der Waals surface area contributed by atoms with Gasteiger partial charge in [-0.1, -0.05) is 62.9 Å². The highest BCUT2D eigenvalue weighted by atomic mass is 79.9. The number of rotatable bonds is 5. The van der Waals surface area contributed by atoms with Gasteiger partial charge in [0.15, 0.2) is 8.68 Å². The smallest absolute Gasteiger partial charge is 0.175 e. The number of aromatic nitrogens is 2. The lowest BCUT2D eigenvalue weighted by molar-refractivity contribution is 0.720. The summed E-state index contributed by atoms with van der Waals surface area (Å²) in [5, 5.41) is 8.51. The molecule has 2 rings (SSSR count). The quantitative estimate of drug-likeness (QED) is 0.793. The van der Waals surface area contributed by atoms with Gasteiger partial charge in [0.2, 0.25) is 0 Å². The second-order valence-electron chi connectivity index (χ2n) is 3.99. The highest BCUT2D eigenvalue weighted by molar-refractivity contribution is 9.10. The van der Waals surface area contributed by atoms with Gasteiger partial charge >= 0.3 is 0 Å². The van der Waals surface area contributed by atoms with E-state index in [-0.39, 0.29) is 11.3 Å². The molecular weight excluding hydrogens is 362 g/mol. The fourth-order valence-electron chi connectivity index (χ4n) is 1.57. The molecule has 2 unspecified atom stereocenters. The maximum atomic E-state index is 6.11. The molecule has 0 bridgehead atoms. The van der Waals surface area contributed by atoms with Gasteiger partial charge in [-0.2, -0.15) is 0 Å². The molecule has 0 aliphatic carbocycles. The van der Waals surface area contributed by atoms with E-state index in [2.05, 4.69) is 38.3 Å². The van der Waals surface area contributed by atoms with Crippen molar-refractivity contribution in [1.29, 1.82) is 0 Å². The predicted octanol–water partition coefficient (Wildman–Crippen LogP) is 4.20. The lowest BCUT2D eigenvalue weighted by Crippen LogP contribution is -2.22. The minimum absolute atomic E-state index is 0.0489. The molecular formula is C12H14BrN3S3. The molecule has 0 aliphatic heterocycles. The van der Waals surface area contributed by atoms with Crippen LogP contribution in [0.5, 0.6) is 0 Å². The minimum Gasteiger partial charge on any atom is -0.327 e. The van der Waals surface area contributed by atoms with Crippen molar-refractivity contribution >= 4 is 50.8 Å². The van der Waals surface area contributed by atoms with Crippen LogP contribution in [0.15, 0.2) is 37.4 Å². The monoisotopic (exact) mass is 375 g/mol. The molecule has 0 fully saturated rings. The Bertz CT molecular complexity index is 527. The van der Waals surface area contributed by atoms with Crippen LogP contribution in [-0.4, -0.2) is 22.5 Å². The van der Waals surface area contributed by atoms with Crippen LogP contribution < -0.4 is 5.73 Å². The molecule has 2 N–H and O–H groups in total. The Morgan fingerprint density at radius 3 is 2.37 bits per heavy atom. The van der Waals surface area contributed by atoms with Gasteiger partial charge < -0.3 is 5.73 Å². The van der Waals surface area contributed by atoms with Crippen LogP contribution in [0.4, 0.5) is 0 Å². The van der Waals surface area contributed by atoms with E-state index in [4.69, 9.17) is 5.73 Å². The molecule has 3 nitrogen and oxygen atoms in total. The number of hydrogen-bond acceptors (Lipinski definition) is 6. The maximum Gasteiger partial charge on any atom is 0.175 e. The Balaban J connectivity index is 2.18. The molecule has 0 amide bonds. The van der Waals surface area contributed by atoms with Gasteiger partial charge in [0.25, 0.3) is 0 Å². The van der Waals surface area contributed by atoms with Crippen molar-refractivity contribution in [2.45, 2.75) is 26.9 Å². The lowest BCUT2D eigenvalue weighted by Gasteiger charge is -2.19. The fraction of sp³-hybridized carbons (Fsp3) is 0.333. The first-order valence-corrected chi connectivity index (χ1v) is 9.36. The average Bonchev–Trinajstić information content (AvgIpc) is 2.85. The summed E-state index contributed by atoms with van der Waals surface area (Å²) in [7, 11) is 0. The molecule has 0 saturated carbocycles. The largest absolute Gasteiger partial charge is 0.327 e. The normalized spacial score (nSPS) is 14.3. The zero-order valence-corrected chi connectivity index (χ0v) is 14.6. The molecule has 1 heterocycles. The van der Waals surface area contributed by atoms with Crippen molar-refractivity contribution in [2.75, 3.05) is 6.26 Å². The molecule has 1 aromatic heterocycles. The number of halogens is 1. The summed E-state index contributed by atoms with van der Waals surface area (Å²) in [6, 6.07) is 8.33. The van der Waals surface area contributed by atoms with E-state index >= 15 is 0 Å². The van der Waals surface area contributed by atoms with Crippen LogP contribution in [0, 0.1) is 0 Å². The fourth-order valence-corrected chi connectivity index (χ4v) is 4.55. The van der Waals surface area contributed by atoms with E-state index in [1.165, 1.54) is 5.56 Å². The van der Waals surface area contributed by atoms with Gasteiger partial charge in [-0.25, -0.2) is 0 Å². The van der Waals surface area contributed by atoms with Crippen molar-refractivity contribution in [1.82, 2.24) is 10.2 Å². The van der Waals surface area contributed by atoms with Gasteiger partial charge in [-0.15, -0.1) is 10.2 Å². The van der Waals surface area contributed by atoms with Gasteiger partial charge in [-0.05, 0) is 30.9 Å². The van der Waals surface area contributed by atoms with Gasteiger partial charge in [0.1, 0.15) is 0 Å². The third-order valence-electron chi connectivity index (χ3n) is 2.47. The number of hydrogen-bond donors (Lipinski definition) is 1. The summed E-state index contributed by atoms with van der Waals surface area (Å²) in [4.78, 5) is 0. The molecule has 102 valence electrons. The zero-order valence-electron chi connectivity index (χ0n) is 10.5. The molecule has 0 saturated heterocycles. The standard InChI is InChI=1S/C12H14BrN3S3/c1-7(14)10(8-3-5-9(13)6-4-8)18-12-16-15-11(17-2)19-12/h3-7,10H,14H2,1-2H3. The SMILES string of the molecule is CSc1nnc(SC(c2ccc(Br)cc2)C(C)N)s1. The second kappa shape index (κ2) is 7.08. The molecule has 1 aromatic carbocycles. The number of benzene rings is 1. The van der Waals surface area contributed by atoms with Crippen LogP contribution in [0.3, 0.4) is 0 Å². The maximum absolute atomic E-state index is 6.11. The molecule has 0 aliphatic rings. The highest BCUT2D eigenvalue weighted by Gasteiger charge is 2.20. The first-order chi connectivity index (χ1) is 9.10. The van der Waals surface area contributed by atoms with Gasteiger partial charge in [-0.3, -0.25) is 0 Å². The van der Waals surface area contributed by atoms with Crippen LogP contribution >= 0.6 is 50.8 Å². The molecule has 0 radical (unpaired) electrons. The van der Waals surface area contributed by atoms with Crippen LogP contribution in [-0.2, 0) is 0 Å². The third kappa shape index (κ3) is 4.19. The van der Waals surface area contributed by atoms with E-state index < -0.39 is 0 Å². The van der Waals surface area contributed by atoms with E-state index in [0.717, 1.165) is 13.2 Å². The molecule has 2 aromatic rings. The first kappa shape index (κ1) is 15.3. The molecule has 7 heteroatoms. The summed E-state index contributed by atoms with van der Waals surface area (Å²) in [6.45, 7) is 2.02.